The number of methoxy groups -OCH3 is 2. The van der Waals surface area contributed by atoms with Gasteiger partial charge >= 0.3 is 17.8 Å². The second-order valence-electron chi connectivity index (χ2n) is 18.5. The number of nitrogens with zero attached hydrogens (tertiary/aromatic N) is 3. The monoisotopic (exact) mass is 1000 g/mol. The fourth-order valence-corrected chi connectivity index (χ4v) is 10.2. The number of amides is 1. The summed E-state index contributed by atoms with van der Waals surface area (Å²) in [6.45, 7) is 16.0. The number of ether oxygens (including phenoxy) is 7. The highest BCUT2D eigenvalue weighted by molar-refractivity contribution is 7.44. The van der Waals surface area contributed by atoms with Crippen molar-refractivity contribution >= 4 is 20.6 Å². The quantitative estimate of drug-likeness (QED) is 0.0210. The third-order valence-electron chi connectivity index (χ3n) is 12.1. The van der Waals surface area contributed by atoms with Crippen LogP contribution in [0.2, 0.25) is 0 Å². The maximum absolute atomic E-state index is 14.1. The molecule has 3 aromatic carbocycles. The lowest BCUT2D eigenvalue weighted by atomic mass is 9.80. The molecular weight excluding hydrogens is 934 g/mol. The van der Waals surface area contributed by atoms with Crippen LogP contribution in [0.3, 0.4) is 0 Å². The molecular formula is C52H70N5O13P. The molecule has 1 unspecified atom stereocenters. The third-order valence-corrected chi connectivity index (χ3v) is 14.3. The molecule has 1 aromatic heterocycles. The molecule has 5 atom stereocenters. The molecule has 0 bridgehead atoms. The van der Waals surface area contributed by atoms with Crippen molar-refractivity contribution in [3.63, 3.8) is 0 Å². The van der Waals surface area contributed by atoms with E-state index >= 15 is 0 Å². The number of hydrogen-bond acceptors (Lipinski definition) is 15. The number of H-pyrrole nitrogens is 1. The molecule has 1 aliphatic heterocycles. The predicted octanol–water partition coefficient (Wildman–Crippen LogP) is 8.34. The van der Waals surface area contributed by atoms with Crippen LogP contribution in [0.5, 0.6) is 11.5 Å². The van der Waals surface area contributed by atoms with Crippen molar-refractivity contribution in [1.29, 1.82) is 5.26 Å². The van der Waals surface area contributed by atoms with Gasteiger partial charge in [0.05, 0.1) is 45.3 Å². The number of benzene rings is 3. The molecule has 0 radical (unpaired) electrons. The molecule has 1 saturated heterocycles. The molecule has 4 aromatic rings. The Hall–Kier alpha value is -5.64. The Labute approximate surface area is 417 Å². The Balaban J connectivity index is 1.64. The molecule has 1 aliphatic rings. The maximum atomic E-state index is 14.1. The van der Waals surface area contributed by atoms with E-state index in [9.17, 15) is 24.4 Å². The van der Waals surface area contributed by atoms with Gasteiger partial charge in [-0.2, -0.15) is 5.26 Å². The van der Waals surface area contributed by atoms with Gasteiger partial charge in [0.25, 0.3) is 14.1 Å². The Morgan fingerprint density at radius 2 is 1.44 bits per heavy atom. The van der Waals surface area contributed by atoms with E-state index in [0.717, 1.165) is 16.7 Å². The highest BCUT2D eigenvalue weighted by Crippen LogP contribution is 2.51. The number of nitrogens with one attached hydrogen (secondary N) is 2. The second kappa shape index (κ2) is 25.7. The highest BCUT2D eigenvalue weighted by Gasteiger charge is 2.52. The predicted molar refractivity (Wildman–Crippen MR) is 267 cm³/mol. The van der Waals surface area contributed by atoms with Crippen molar-refractivity contribution in [2.45, 2.75) is 129 Å². The van der Waals surface area contributed by atoms with Crippen molar-refractivity contribution in [3.8, 4) is 17.6 Å². The molecule has 1 amide bonds. The van der Waals surface area contributed by atoms with Gasteiger partial charge in [-0.1, -0.05) is 68.4 Å². The Morgan fingerprint density at radius 1 is 0.859 bits per heavy atom. The minimum atomic E-state index is -2.00. The summed E-state index contributed by atoms with van der Waals surface area (Å²) in [6.07, 6.45) is -3.44. The van der Waals surface area contributed by atoms with E-state index < -0.39 is 79.8 Å². The molecule has 5 rings (SSSR count). The number of aromatic amines is 1. The Bertz CT molecular complexity index is 2410. The summed E-state index contributed by atoms with van der Waals surface area (Å²) >= 11 is 0. The molecule has 71 heavy (non-hydrogen) atoms. The zero-order valence-corrected chi connectivity index (χ0v) is 43.6. The number of hydrogen-bond donors (Lipinski definition) is 2. The van der Waals surface area contributed by atoms with Crippen LogP contribution in [0.25, 0.3) is 0 Å². The summed E-state index contributed by atoms with van der Waals surface area (Å²) in [7, 11) is 1.18. The number of alkyl carbamates (subject to hydrolysis) is 1. The maximum Gasteiger partial charge on any atom is 0.407 e. The minimum absolute atomic E-state index is 0.0400. The Kier molecular flexibility index (Phi) is 20.3. The largest absolute Gasteiger partial charge is 0.497 e. The van der Waals surface area contributed by atoms with E-state index in [1.165, 1.54) is 16.8 Å². The number of esters is 1. The first-order valence-electron chi connectivity index (χ1n) is 23.8. The first-order valence-corrected chi connectivity index (χ1v) is 25.0. The van der Waals surface area contributed by atoms with Gasteiger partial charge in [-0.05, 0) is 102 Å². The van der Waals surface area contributed by atoms with E-state index in [-0.39, 0.29) is 38.3 Å². The first-order chi connectivity index (χ1) is 33.9. The number of carbonyl (C=O) groups excluding carboxylic acids is 2. The fraction of sp³-hybridized carbons (Fsp3) is 0.519. The number of carbonyl (C=O) groups is 2. The van der Waals surface area contributed by atoms with Crippen LogP contribution in [0, 0.1) is 16.7 Å². The molecule has 2 N–H and O–H groups in total. The lowest BCUT2D eigenvalue weighted by Crippen LogP contribution is -2.46. The molecule has 1 fully saturated rings. The lowest BCUT2D eigenvalue weighted by molar-refractivity contribution is -0.181. The van der Waals surface area contributed by atoms with Crippen molar-refractivity contribution in [2.75, 3.05) is 40.8 Å². The molecule has 0 saturated carbocycles. The Morgan fingerprint density at radius 3 is 1.94 bits per heavy atom. The van der Waals surface area contributed by atoms with Crippen LogP contribution in [0.1, 0.15) is 104 Å². The minimum Gasteiger partial charge on any atom is -0.497 e. The van der Waals surface area contributed by atoms with Crippen LogP contribution in [-0.4, -0.2) is 103 Å². The number of aromatic nitrogens is 2. The normalized spacial score (nSPS) is 17.8. The summed E-state index contributed by atoms with van der Waals surface area (Å²) in [5.41, 5.74) is -2.43. The van der Waals surface area contributed by atoms with Gasteiger partial charge in [-0.25, -0.2) is 14.3 Å². The van der Waals surface area contributed by atoms with Gasteiger partial charge in [-0.3, -0.25) is 19.1 Å². The summed E-state index contributed by atoms with van der Waals surface area (Å²) in [5, 5.41) is 12.3. The van der Waals surface area contributed by atoms with Crippen LogP contribution in [0.4, 0.5) is 4.79 Å². The molecule has 18 nitrogen and oxygen atoms in total. The molecule has 0 spiro atoms. The summed E-state index contributed by atoms with van der Waals surface area (Å²) < 4.78 is 60.0. The lowest BCUT2D eigenvalue weighted by Gasteiger charge is -2.39. The van der Waals surface area contributed by atoms with E-state index in [1.54, 1.807) is 35.0 Å². The molecule has 2 heterocycles. The van der Waals surface area contributed by atoms with Crippen molar-refractivity contribution in [3.05, 3.63) is 129 Å². The number of rotatable bonds is 25. The van der Waals surface area contributed by atoms with Gasteiger partial charge in [-0.15, -0.1) is 0 Å². The topological polar surface area (TPSA) is 211 Å². The average Bonchev–Trinajstić information content (AvgIpc) is 3.67. The van der Waals surface area contributed by atoms with E-state index in [2.05, 4.69) is 16.4 Å². The smallest absolute Gasteiger partial charge is 0.407 e. The highest BCUT2D eigenvalue weighted by atomic mass is 31.2. The van der Waals surface area contributed by atoms with Gasteiger partial charge in [0.1, 0.15) is 41.0 Å². The van der Waals surface area contributed by atoms with Gasteiger partial charge < -0.3 is 47.5 Å². The molecule has 386 valence electrons. The van der Waals surface area contributed by atoms with Crippen LogP contribution in [-0.2, 0) is 43.1 Å². The van der Waals surface area contributed by atoms with Crippen LogP contribution in [0.15, 0.2) is 101 Å². The average molecular weight is 1000 g/mol. The standard InChI is InChI=1S/C52H70N5O13P/c1-12-51(13-2,33-54-49(61)69-50(7,8)9)47(59)65-34-64-45-44(70-71(67-31-17-29-53)57(35(3)4)36(5)6)42(68-46(45)56-30-28-43(58)55-48(56)60)32-66-52(37-18-15-14-16-19-37,38-20-24-40(62-10)25-21-38)39-22-26-41(63-11)27-23-39/h14-16,18-28,30,35-36,42,44-46H,12-13,17,31-34H2,1-11H3,(H,54,61)(H,55,58,60)/t42-,44-,45-,46-,71?/m1/s1. The number of nitriles is 1. The van der Waals surface area contributed by atoms with E-state index in [0.29, 0.717) is 24.3 Å². The SMILES string of the molecule is CCC(CC)(CNC(=O)OC(C)(C)C)C(=O)OCO[C@@H]1[C@H](OP(OCCC#N)N(C(C)C)C(C)C)[C@@H](COC(c2ccccc2)(c2ccc(OC)cc2)c2ccc(OC)cc2)O[C@H]1n1ccc(=O)[nH]c1=O. The molecule has 19 heteroatoms. The van der Waals surface area contributed by atoms with Crippen molar-refractivity contribution < 1.29 is 51.8 Å². The molecule has 0 aliphatic carbocycles. The zero-order chi connectivity index (χ0) is 51.9. The van der Waals surface area contributed by atoms with Crippen molar-refractivity contribution in [1.82, 2.24) is 19.5 Å². The fourth-order valence-electron chi connectivity index (χ4n) is 8.41. The second-order valence-corrected chi connectivity index (χ2v) is 19.9. The van der Waals surface area contributed by atoms with Crippen LogP contribution < -0.4 is 26.0 Å². The zero-order valence-electron chi connectivity index (χ0n) is 42.7. The van der Waals surface area contributed by atoms with Gasteiger partial charge in [0.15, 0.2) is 13.0 Å². The first kappa shape index (κ1) is 56.3. The van der Waals surface area contributed by atoms with Gasteiger partial charge in [0, 0.05) is 30.9 Å². The third kappa shape index (κ3) is 14.1. The van der Waals surface area contributed by atoms with E-state index in [4.69, 9.17) is 42.2 Å². The van der Waals surface area contributed by atoms with Crippen LogP contribution >= 0.6 is 8.53 Å². The summed E-state index contributed by atoms with van der Waals surface area (Å²) in [4.78, 5) is 55.3. The summed E-state index contributed by atoms with van der Waals surface area (Å²) in [6, 6.07) is 27.8. The van der Waals surface area contributed by atoms with Gasteiger partial charge in [0.2, 0.25) is 0 Å². The van der Waals surface area contributed by atoms with E-state index in [1.807, 2.05) is 125 Å². The van der Waals surface area contributed by atoms with Crippen molar-refractivity contribution in [2.24, 2.45) is 5.41 Å². The summed E-state index contributed by atoms with van der Waals surface area (Å²) in [5.74, 6) is 0.617.